The van der Waals surface area contributed by atoms with Crippen LogP contribution in [0, 0.1) is 12.7 Å². The van der Waals surface area contributed by atoms with E-state index in [1.54, 1.807) is 25.3 Å². The van der Waals surface area contributed by atoms with Crippen molar-refractivity contribution in [2.24, 2.45) is 5.14 Å². The number of rotatable bonds is 4. The van der Waals surface area contributed by atoms with E-state index in [4.69, 9.17) is 9.88 Å². The van der Waals surface area contributed by atoms with Crippen LogP contribution in [0.2, 0.25) is 0 Å². The third-order valence-corrected chi connectivity index (χ3v) is 5.92. The van der Waals surface area contributed by atoms with E-state index in [-0.39, 0.29) is 35.5 Å². The molecule has 11 heteroatoms. The number of aryl methyl sites for hydroxylation is 1. The number of methoxy groups -OCH3 is 1. The van der Waals surface area contributed by atoms with Gasteiger partial charge in [0.15, 0.2) is 11.5 Å². The van der Waals surface area contributed by atoms with Crippen LogP contribution in [0.25, 0.3) is 11.0 Å². The highest BCUT2D eigenvalue weighted by molar-refractivity contribution is 7.89. The van der Waals surface area contributed by atoms with Gasteiger partial charge in [-0.1, -0.05) is 12.1 Å². The number of hydrogen-bond acceptors (Lipinski definition) is 6. The molecule has 156 valence electrons. The number of pyridine rings is 2. The maximum Gasteiger partial charge on any atom is 0.322 e. The van der Waals surface area contributed by atoms with Gasteiger partial charge >= 0.3 is 6.03 Å². The number of nitrogens with zero attached hydrogens (tertiary/aromatic N) is 3. The van der Waals surface area contributed by atoms with E-state index in [0.717, 1.165) is 0 Å². The number of benzene rings is 1. The number of hydrogen-bond donors (Lipinski definition) is 2. The van der Waals surface area contributed by atoms with Crippen molar-refractivity contribution in [3.8, 4) is 5.88 Å². The summed E-state index contributed by atoms with van der Waals surface area (Å²) in [5.74, 6) is -0.851. The first-order valence-corrected chi connectivity index (χ1v) is 10.4. The van der Waals surface area contributed by atoms with Crippen molar-refractivity contribution in [2.45, 2.75) is 24.9 Å². The average molecular weight is 431 g/mol. The molecule has 1 aliphatic rings. The Morgan fingerprint density at radius 2 is 2.10 bits per heavy atom. The zero-order valence-corrected chi connectivity index (χ0v) is 17.0. The van der Waals surface area contributed by atoms with Crippen LogP contribution in [0.5, 0.6) is 5.88 Å². The van der Waals surface area contributed by atoms with Crippen LogP contribution in [0.4, 0.5) is 14.9 Å². The lowest BCUT2D eigenvalue weighted by Crippen LogP contribution is -2.44. The van der Waals surface area contributed by atoms with Gasteiger partial charge in [-0.2, -0.15) is 4.98 Å². The number of fused-ring (bicyclic) bond motifs is 3. The second-order valence-electron chi connectivity index (χ2n) is 6.87. The third kappa shape index (κ3) is 3.42. The van der Waals surface area contributed by atoms with E-state index >= 15 is 0 Å². The van der Waals surface area contributed by atoms with Crippen molar-refractivity contribution in [1.29, 1.82) is 0 Å². The lowest BCUT2D eigenvalue weighted by Gasteiger charge is -2.31. The zero-order chi connectivity index (χ0) is 21.6. The molecule has 2 aromatic heterocycles. The molecule has 0 spiro atoms. The van der Waals surface area contributed by atoms with Crippen molar-refractivity contribution >= 4 is 32.8 Å². The van der Waals surface area contributed by atoms with Crippen LogP contribution in [-0.2, 0) is 23.1 Å². The van der Waals surface area contributed by atoms with Gasteiger partial charge in [0.1, 0.15) is 0 Å². The standard InChI is InChI=1S/C19H18FN5O4S/c1-10-5-11(3-4-15(10)30(21,27)28)9-25-16-12(8-23-19(25)26)7-22-17-13(16)6-14(20)18(24-17)29-2/h3-7H,8-9H2,1-2H3,(H,23,26)(H2,21,27,28). The minimum atomic E-state index is -3.85. The predicted octanol–water partition coefficient (Wildman–Crippen LogP) is 1.96. The minimum Gasteiger partial charge on any atom is -0.479 e. The molecule has 0 unspecified atom stereocenters. The number of anilines is 1. The quantitative estimate of drug-likeness (QED) is 0.650. The molecule has 2 amide bonds. The number of ether oxygens (including phenoxy) is 1. The van der Waals surface area contributed by atoms with E-state index in [1.165, 1.54) is 24.1 Å². The first kappa shape index (κ1) is 20.0. The highest BCUT2D eigenvalue weighted by Crippen LogP contribution is 2.34. The highest BCUT2D eigenvalue weighted by atomic mass is 32.2. The maximum absolute atomic E-state index is 14.3. The van der Waals surface area contributed by atoms with Gasteiger partial charge in [-0.3, -0.25) is 4.90 Å². The largest absolute Gasteiger partial charge is 0.479 e. The van der Waals surface area contributed by atoms with Gasteiger partial charge in [-0.05, 0) is 30.2 Å². The van der Waals surface area contributed by atoms with Crippen LogP contribution < -0.4 is 20.1 Å². The van der Waals surface area contributed by atoms with Crippen molar-refractivity contribution in [3.63, 3.8) is 0 Å². The van der Waals surface area contributed by atoms with Crippen LogP contribution in [0.15, 0.2) is 35.4 Å². The number of amides is 2. The van der Waals surface area contributed by atoms with E-state index in [9.17, 15) is 17.6 Å². The summed E-state index contributed by atoms with van der Waals surface area (Å²) in [6, 6.07) is 5.50. The molecule has 3 heterocycles. The Labute approximate surface area is 171 Å². The summed E-state index contributed by atoms with van der Waals surface area (Å²) in [7, 11) is -2.54. The maximum atomic E-state index is 14.3. The molecule has 1 aromatic carbocycles. The Morgan fingerprint density at radius 1 is 1.33 bits per heavy atom. The normalized spacial score (nSPS) is 13.9. The number of carbonyl (C=O) groups is 1. The fraction of sp³-hybridized carbons (Fsp3) is 0.211. The number of nitrogens with one attached hydrogen (secondary N) is 1. The predicted molar refractivity (Wildman–Crippen MR) is 107 cm³/mol. The van der Waals surface area contributed by atoms with Crippen molar-refractivity contribution < 1.29 is 22.3 Å². The molecule has 9 nitrogen and oxygen atoms in total. The molecule has 3 N–H and O–H groups in total. The Morgan fingerprint density at radius 3 is 2.77 bits per heavy atom. The fourth-order valence-corrected chi connectivity index (χ4v) is 4.30. The second-order valence-corrected chi connectivity index (χ2v) is 8.40. The molecule has 0 saturated heterocycles. The van der Waals surface area contributed by atoms with Crippen LogP contribution in [0.3, 0.4) is 0 Å². The lowest BCUT2D eigenvalue weighted by molar-refractivity contribution is 0.244. The number of primary sulfonamides is 1. The molecule has 1 aliphatic heterocycles. The summed E-state index contributed by atoms with van der Waals surface area (Å²) >= 11 is 0. The van der Waals surface area contributed by atoms with Crippen LogP contribution >= 0.6 is 0 Å². The van der Waals surface area contributed by atoms with Crippen molar-refractivity contribution in [1.82, 2.24) is 15.3 Å². The van der Waals surface area contributed by atoms with E-state index in [2.05, 4.69) is 15.3 Å². The van der Waals surface area contributed by atoms with Crippen LogP contribution in [-0.4, -0.2) is 31.5 Å². The monoisotopic (exact) mass is 431 g/mol. The molecule has 3 aromatic rings. The van der Waals surface area contributed by atoms with Crippen molar-refractivity contribution in [2.75, 3.05) is 12.0 Å². The van der Waals surface area contributed by atoms with Gasteiger partial charge in [-0.25, -0.2) is 27.7 Å². The Bertz CT molecular complexity index is 1300. The van der Waals surface area contributed by atoms with Crippen molar-refractivity contribution in [3.05, 3.63) is 53.0 Å². The fourth-order valence-electron chi connectivity index (χ4n) is 3.53. The van der Waals surface area contributed by atoms with E-state index in [1.807, 2.05) is 0 Å². The molecular formula is C19H18FN5O4S. The topological polar surface area (TPSA) is 128 Å². The van der Waals surface area contributed by atoms with Gasteiger partial charge in [0, 0.05) is 23.7 Å². The van der Waals surface area contributed by atoms with Gasteiger partial charge in [0.25, 0.3) is 5.88 Å². The molecule has 30 heavy (non-hydrogen) atoms. The smallest absolute Gasteiger partial charge is 0.322 e. The van der Waals surface area contributed by atoms with E-state index in [0.29, 0.717) is 27.8 Å². The summed E-state index contributed by atoms with van der Waals surface area (Å²) < 4.78 is 42.6. The molecule has 0 saturated carbocycles. The average Bonchev–Trinajstić information content (AvgIpc) is 2.68. The first-order valence-electron chi connectivity index (χ1n) is 8.89. The first-order chi connectivity index (χ1) is 14.2. The third-order valence-electron chi connectivity index (χ3n) is 4.85. The molecule has 0 bridgehead atoms. The number of urea groups is 1. The zero-order valence-electron chi connectivity index (χ0n) is 16.1. The van der Waals surface area contributed by atoms with Gasteiger partial charge < -0.3 is 10.1 Å². The molecule has 0 atom stereocenters. The van der Waals surface area contributed by atoms with Crippen LogP contribution in [0.1, 0.15) is 16.7 Å². The minimum absolute atomic E-state index is 0.0164. The SMILES string of the molecule is COc1nc2ncc3c(c2cc1F)N(Cc1ccc(S(N)(=O)=O)c(C)c1)C(=O)NC3. The summed E-state index contributed by atoms with van der Waals surface area (Å²) in [5, 5.41) is 8.34. The molecule has 0 radical (unpaired) electrons. The van der Waals surface area contributed by atoms with Gasteiger partial charge in [0.05, 0.1) is 24.2 Å². The molecule has 0 fully saturated rings. The number of sulfonamides is 1. The molecule has 0 aliphatic carbocycles. The molecular weight excluding hydrogens is 413 g/mol. The second kappa shape index (κ2) is 7.18. The Hall–Kier alpha value is -3.31. The van der Waals surface area contributed by atoms with Gasteiger partial charge in [-0.15, -0.1) is 0 Å². The molecule has 4 rings (SSSR count). The summed E-state index contributed by atoms with van der Waals surface area (Å²) in [5.41, 5.74) is 2.57. The number of carbonyl (C=O) groups excluding carboxylic acids is 1. The number of aromatic nitrogens is 2. The Balaban J connectivity index is 1.82. The highest BCUT2D eigenvalue weighted by Gasteiger charge is 2.28. The lowest BCUT2D eigenvalue weighted by atomic mass is 10.1. The van der Waals surface area contributed by atoms with Gasteiger partial charge in [0.2, 0.25) is 10.0 Å². The number of halogens is 1. The Kier molecular flexibility index (Phi) is 4.79. The number of nitrogens with two attached hydrogens (primary N) is 1. The van der Waals surface area contributed by atoms with E-state index < -0.39 is 15.8 Å². The summed E-state index contributed by atoms with van der Waals surface area (Å²) in [6.45, 7) is 1.99. The summed E-state index contributed by atoms with van der Waals surface area (Å²) in [4.78, 5) is 22.4. The summed E-state index contributed by atoms with van der Waals surface area (Å²) in [6.07, 6.45) is 1.57.